The second-order valence-corrected chi connectivity index (χ2v) is 13.9. The third kappa shape index (κ3) is 6.72. The van der Waals surface area contributed by atoms with Crippen molar-refractivity contribution in [3.63, 3.8) is 0 Å². The van der Waals surface area contributed by atoms with E-state index in [1.165, 1.54) is 35.2 Å². The van der Waals surface area contributed by atoms with Crippen LogP contribution in [-0.2, 0) is 4.79 Å². The minimum absolute atomic E-state index is 0.195. The standard InChI is InChI=1S/C40H52N6O/c1-8-12-38(47)46-20-19-45(25-32(46)9-2)40-41-23-31(24-42-40)30-17-18-36(26(4)21-30)43-35(10-3)37-22-27(5)39-33(28(6)44(37)7)13-11-14-34(39)29-15-16-29/h11,13-14,17-18,21,23-24,27,29,32,37H,6,8-10,12,15-16,19-20,22,25H2,1-5,7H3. The molecule has 7 nitrogen and oxygen atoms in total. The van der Waals surface area contributed by atoms with Gasteiger partial charge in [-0.25, -0.2) is 9.97 Å². The molecule has 248 valence electrons. The van der Waals surface area contributed by atoms with Gasteiger partial charge < -0.3 is 14.7 Å². The zero-order valence-corrected chi connectivity index (χ0v) is 29.3. The Labute approximate surface area is 281 Å². The Morgan fingerprint density at radius 3 is 2.47 bits per heavy atom. The first-order chi connectivity index (χ1) is 22.7. The Morgan fingerprint density at radius 1 is 1.04 bits per heavy atom. The first-order valence-corrected chi connectivity index (χ1v) is 17.8. The van der Waals surface area contributed by atoms with Crippen molar-refractivity contribution >= 4 is 29.0 Å². The Morgan fingerprint density at radius 2 is 1.81 bits per heavy atom. The van der Waals surface area contributed by atoms with Gasteiger partial charge in [0.05, 0.1) is 11.7 Å². The van der Waals surface area contributed by atoms with E-state index in [2.05, 4.69) is 99.3 Å². The molecule has 0 radical (unpaired) electrons. The molecule has 6 rings (SSSR count). The largest absolute Gasteiger partial charge is 0.366 e. The van der Waals surface area contributed by atoms with Gasteiger partial charge in [0.15, 0.2) is 0 Å². The van der Waals surface area contributed by atoms with E-state index in [1.807, 2.05) is 12.4 Å². The van der Waals surface area contributed by atoms with Crippen molar-refractivity contribution in [2.24, 2.45) is 4.99 Å². The number of carbonyl (C=O) groups is 1. The monoisotopic (exact) mass is 632 g/mol. The van der Waals surface area contributed by atoms with E-state index in [-0.39, 0.29) is 18.0 Å². The van der Waals surface area contributed by atoms with E-state index >= 15 is 0 Å². The molecule has 7 heteroatoms. The molecule has 3 atom stereocenters. The fraction of sp³-hybridized carbons (Fsp3) is 0.500. The van der Waals surface area contributed by atoms with E-state index in [0.29, 0.717) is 12.3 Å². The molecular weight excluding hydrogens is 580 g/mol. The molecule has 1 amide bonds. The van der Waals surface area contributed by atoms with Crippen molar-refractivity contribution < 1.29 is 4.79 Å². The third-order valence-electron chi connectivity index (χ3n) is 10.6. The van der Waals surface area contributed by atoms with Crippen molar-refractivity contribution in [3.8, 4) is 11.1 Å². The van der Waals surface area contributed by atoms with E-state index < -0.39 is 0 Å². The van der Waals surface area contributed by atoms with Crippen LogP contribution in [0.15, 0.2) is 60.4 Å². The van der Waals surface area contributed by atoms with Gasteiger partial charge in [0, 0.05) is 74.1 Å². The maximum atomic E-state index is 12.6. The highest BCUT2D eigenvalue weighted by Gasteiger charge is 2.35. The number of benzene rings is 2. The topological polar surface area (TPSA) is 64.9 Å². The molecule has 0 bridgehead atoms. The molecule has 1 aromatic heterocycles. The van der Waals surface area contributed by atoms with Crippen LogP contribution in [0.2, 0.25) is 0 Å². The van der Waals surface area contributed by atoms with Crippen LogP contribution in [0, 0.1) is 6.92 Å². The summed E-state index contributed by atoms with van der Waals surface area (Å²) in [7, 11) is 2.19. The summed E-state index contributed by atoms with van der Waals surface area (Å²) in [6.45, 7) is 17.8. The summed E-state index contributed by atoms with van der Waals surface area (Å²) in [5, 5.41) is 0. The molecular formula is C40H52N6O. The van der Waals surface area contributed by atoms with Crippen molar-refractivity contribution in [2.45, 2.75) is 103 Å². The molecule has 1 saturated carbocycles. The van der Waals surface area contributed by atoms with Crippen LogP contribution >= 0.6 is 0 Å². The summed E-state index contributed by atoms with van der Waals surface area (Å²) in [4.78, 5) is 34.1. The summed E-state index contributed by atoms with van der Waals surface area (Å²) in [5.41, 5.74) is 10.9. The average molecular weight is 633 g/mol. The summed E-state index contributed by atoms with van der Waals surface area (Å²) >= 11 is 0. The number of rotatable bonds is 9. The van der Waals surface area contributed by atoms with E-state index in [4.69, 9.17) is 15.0 Å². The number of nitrogens with zero attached hydrogens (tertiary/aromatic N) is 6. The van der Waals surface area contributed by atoms with Gasteiger partial charge in [-0.2, -0.15) is 0 Å². The lowest BCUT2D eigenvalue weighted by molar-refractivity contribution is -0.134. The lowest BCUT2D eigenvalue weighted by Crippen LogP contribution is -2.55. The number of piperazine rings is 1. The number of carbonyl (C=O) groups excluding carboxylic acids is 1. The predicted octanol–water partition coefficient (Wildman–Crippen LogP) is 8.52. The predicted molar refractivity (Wildman–Crippen MR) is 195 cm³/mol. The van der Waals surface area contributed by atoms with Crippen LogP contribution in [0.3, 0.4) is 0 Å². The number of amides is 1. The van der Waals surface area contributed by atoms with E-state index in [0.717, 1.165) is 85.3 Å². The van der Waals surface area contributed by atoms with Crippen LogP contribution in [0.25, 0.3) is 16.8 Å². The quantitative estimate of drug-likeness (QED) is 0.221. The Bertz CT molecular complexity index is 1640. The highest BCUT2D eigenvalue weighted by molar-refractivity contribution is 5.93. The first kappa shape index (κ1) is 32.9. The van der Waals surface area contributed by atoms with Gasteiger partial charge in [0.2, 0.25) is 11.9 Å². The Balaban J connectivity index is 1.18. The lowest BCUT2D eigenvalue weighted by atomic mass is 9.85. The molecule has 3 unspecified atom stereocenters. The molecule has 3 aliphatic rings. The lowest BCUT2D eigenvalue weighted by Gasteiger charge is -2.41. The minimum Gasteiger partial charge on any atom is -0.366 e. The minimum atomic E-state index is 0.195. The normalized spacial score (nSPS) is 21.9. The number of hydrogen-bond acceptors (Lipinski definition) is 6. The Kier molecular flexibility index (Phi) is 9.81. The summed E-state index contributed by atoms with van der Waals surface area (Å²) in [6, 6.07) is 13.7. The van der Waals surface area contributed by atoms with Gasteiger partial charge in [-0.1, -0.05) is 58.5 Å². The fourth-order valence-corrected chi connectivity index (χ4v) is 7.69. The molecule has 2 aliphatic heterocycles. The highest BCUT2D eigenvalue weighted by Crippen LogP contribution is 2.47. The van der Waals surface area contributed by atoms with Gasteiger partial charge in [-0.3, -0.25) is 9.79 Å². The zero-order chi connectivity index (χ0) is 33.2. The SMILES string of the molecule is C=C1c2cccc(C3CC3)c2C(C)CC(C(CC)=Nc2ccc(-c3cnc(N4CCN(C(=O)CCC)C(CC)C4)nc3)cc2C)N1C. The second-order valence-electron chi connectivity index (χ2n) is 13.9. The molecule has 2 fully saturated rings. The third-order valence-corrected chi connectivity index (χ3v) is 10.6. The molecule has 2 aromatic carbocycles. The van der Waals surface area contributed by atoms with Gasteiger partial charge >= 0.3 is 0 Å². The number of aliphatic imine (C=N–C) groups is 1. The average Bonchev–Trinajstić information content (AvgIpc) is 3.95. The van der Waals surface area contributed by atoms with E-state index in [9.17, 15) is 4.79 Å². The van der Waals surface area contributed by atoms with Crippen molar-refractivity contribution in [1.82, 2.24) is 19.8 Å². The second kappa shape index (κ2) is 14.0. The molecule has 0 spiro atoms. The van der Waals surface area contributed by atoms with E-state index in [1.54, 1.807) is 0 Å². The molecule has 1 saturated heterocycles. The number of aryl methyl sites for hydroxylation is 1. The summed E-state index contributed by atoms with van der Waals surface area (Å²) in [6.07, 6.45) is 10.8. The molecule has 3 aromatic rings. The van der Waals surface area contributed by atoms with Crippen molar-refractivity contribution in [1.29, 1.82) is 0 Å². The van der Waals surface area contributed by atoms with Crippen LogP contribution in [0.5, 0.6) is 0 Å². The molecule has 0 N–H and O–H groups in total. The highest BCUT2D eigenvalue weighted by atomic mass is 16.2. The fourth-order valence-electron chi connectivity index (χ4n) is 7.69. The Hall–Kier alpha value is -4.00. The van der Waals surface area contributed by atoms with Crippen LogP contribution < -0.4 is 4.90 Å². The smallest absolute Gasteiger partial charge is 0.225 e. The summed E-state index contributed by atoms with van der Waals surface area (Å²) < 4.78 is 0. The molecule has 1 aliphatic carbocycles. The summed E-state index contributed by atoms with van der Waals surface area (Å²) in [5.74, 6) is 2.15. The van der Waals surface area contributed by atoms with Gasteiger partial charge in [0.25, 0.3) is 0 Å². The first-order valence-electron chi connectivity index (χ1n) is 17.8. The van der Waals surface area contributed by atoms with Gasteiger partial charge in [0.1, 0.15) is 0 Å². The van der Waals surface area contributed by atoms with Crippen molar-refractivity contribution in [2.75, 3.05) is 31.6 Å². The maximum absolute atomic E-state index is 12.6. The number of aromatic nitrogens is 2. The number of hydrogen-bond donors (Lipinski definition) is 0. The van der Waals surface area contributed by atoms with Crippen LogP contribution in [0.1, 0.15) is 107 Å². The number of fused-ring (bicyclic) bond motifs is 1. The molecule has 47 heavy (non-hydrogen) atoms. The van der Waals surface area contributed by atoms with Gasteiger partial charge in [-0.05, 0) is 91.7 Å². The maximum Gasteiger partial charge on any atom is 0.225 e. The van der Waals surface area contributed by atoms with Crippen molar-refractivity contribution in [3.05, 3.63) is 77.6 Å². The van der Waals surface area contributed by atoms with Gasteiger partial charge in [-0.15, -0.1) is 0 Å². The van der Waals surface area contributed by atoms with Crippen LogP contribution in [-0.4, -0.2) is 70.2 Å². The van der Waals surface area contributed by atoms with Crippen LogP contribution in [0.4, 0.5) is 11.6 Å². The number of anilines is 1. The zero-order valence-electron chi connectivity index (χ0n) is 29.3. The molecule has 3 heterocycles.